The van der Waals surface area contributed by atoms with Crippen LogP contribution in [0.5, 0.6) is 0 Å². The summed E-state index contributed by atoms with van der Waals surface area (Å²) in [5, 5.41) is 8.51. The first-order chi connectivity index (χ1) is 4.64. The lowest BCUT2D eigenvalue weighted by Crippen LogP contribution is -2.15. The van der Waals surface area contributed by atoms with Gasteiger partial charge in [-0.15, -0.1) is 0 Å². The van der Waals surface area contributed by atoms with Crippen molar-refractivity contribution in [1.82, 2.24) is 0 Å². The molecule has 4 heteroatoms. The van der Waals surface area contributed by atoms with Gasteiger partial charge in [-0.3, -0.25) is 0 Å². The predicted molar refractivity (Wildman–Crippen MR) is 44.7 cm³/mol. The second-order valence-electron chi connectivity index (χ2n) is 2.65. The third-order valence-electron chi connectivity index (χ3n) is 1.62. The maximum Gasteiger partial charge on any atom is 0.0705 e. The first kappa shape index (κ1) is 8.20. The average molecular weight is 175 g/mol. The summed E-state index contributed by atoms with van der Waals surface area (Å²) >= 11 is 5.18. The summed E-state index contributed by atoms with van der Waals surface area (Å²) in [4.78, 5) is 0. The zero-order valence-corrected chi connectivity index (χ0v) is 7.62. The molecule has 0 N–H and O–H groups in total. The zero-order valence-electron chi connectivity index (χ0n) is 5.91. The minimum absolute atomic E-state index is 0.0935. The van der Waals surface area contributed by atoms with Crippen molar-refractivity contribution in [3.63, 3.8) is 0 Å². The van der Waals surface area contributed by atoms with E-state index in [0.717, 1.165) is 12.6 Å². The average Bonchev–Trinajstić information content (AvgIpc) is 1.88. The fourth-order valence-electron chi connectivity index (χ4n) is 0.888. The number of rotatable bonds is 0. The second-order valence-corrected chi connectivity index (χ2v) is 7.70. The van der Waals surface area contributed by atoms with Crippen molar-refractivity contribution in [2.75, 3.05) is 19.4 Å². The molecule has 1 rings (SSSR count). The van der Waals surface area contributed by atoms with Crippen LogP contribution in [-0.4, -0.2) is 19.4 Å². The molecule has 0 spiro atoms. The minimum Gasteiger partial charge on any atom is -0.350 e. The van der Waals surface area contributed by atoms with E-state index in [0.29, 0.717) is 6.61 Å². The molecule has 0 radical (unpaired) electrons. The van der Waals surface area contributed by atoms with Crippen LogP contribution in [-0.2, 0) is 16.3 Å². The zero-order chi connectivity index (χ0) is 7.61. The smallest absolute Gasteiger partial charge is 0.0705 e. The van der Waals surface area contributed by atoms with Gasteiger partial charge in [-0.05, 0) is 13.1 Å². The quantitative estimate of drug-likeness (QED) is 0.524. The van der Waals surface area contributed by atoms with E-state index in [2.05, 4.69) is 6.07 Å². The van der Waals surface area contributed by atoms with Crippen LogP contribution in [0.25, 0.3) is 0 Å². The molecule has 1 heterocycles. The molecule has 0 amide bonds. The van der Waals surface area contributed by atoms with Crippen molar-refractivity contribution in [3.05, 3.63) is 0 Å². The van der Waals surface area contributed by atoms with E-state index in [9.17, 15) is 0 Å². The maximum absolute atomic E-state index is 8.51. The highest BCUT2D eigenvalue weighted by atomic mass is 32.4. The number of hydrogen-bond acceptors (Lipinski definition) is 3. The van der Waals surface area contributed by atoms with Gasteiger partial charge in [0.05, 0.1) is 24.9 Å². The van der Waals surface area contributed by atoms with Gasteiger partial charge >= 0.3 is 0 Å². The van der Waals surface area contributed by atoms with E-state index in [1.807, 2.05) is 6.66 Å². The molecule has 0 bridgehead atoms. The molecule has 56 valence electrons. The second kappa shape index (κ2) is 3.00. The lowest BCUT2D eigenvalue weighted by Gasteiger charge is -2.25. The van der Waals surface area contributed by atoms with E-state index in [4.69, 9.17) is 21.6 Å². The van der Waals surface area contributed by atoms with Gasteiger partial charge in [0.25, 0.3) is 0 Å². The Morgan fingerprint density at radius 2 is 2.50 bits per heavy atom. The maximum atomic E-state index is 8.51. The number of nitriles is 1. The first-order valence-electron chi connectivity index (χ1n) is 3.25. The molecular weight excluding hydrogens is 165 g/mol. The minimum atomic E-state index is -1.45. The summed E-state index contributed by atoms with van der Waals surface area (Å²) in [7, 11) is 0. The van der Waals surface area contributed by atoms with Gasteiger partial charge in [-0.1, -0.05) is 11.8 Å². The van der Waals surface area contributed by atoms with Gasteiger partial charge in [0.2, 0.25) is 0 Å². The van der Waals surface area contributed by atoms with Crippen molar-refractivity contribution in [2.24, 2.45) is 5.92 Å². The fraction of sp³-hybridized carbons (Fsp3) is 0.833. The molecule has 0 aromatic rings. The highest BCUT2D eigenvalue weighted by Gasteiger charge is 2.22. The Hall–Kier alpha value is 0.100. The summed E-state index contributed by atoms with van der Waals surface area (Å²) < 4.78 is 5.37. The van der Waals surface area contributed by atoms with Crippen molar-refractivity contribution in [2.45, 2.75) is 6.42 Å². The third-order valence-corrected chi connectivity index (χ3v) is 4.24. The van der Waals surface area contributed by atoms with E-state index in [1.165, 1.54) is 0 Å². The molecule has 1 saturated heterocycles. The van der Waals surface area contributed by atoms with Crippen LogP contribution in [0.1, 0.15) is 6.42 Å². The van der Waals surface area contributed by atoms with Gasteiger partial charge in [-0.2, -0.15) is 5.26 Å². The monoisotopic (exact) mass is 175 g/mol. The Balaban J connectivity index is 2.48. The predicted octanol–water partition coefficient (Wildman–Crippen LogP) is 1.57. The highest BCUT2D eigenvalue weighted by Crippen LogP contribution is 2.47. The standard InChI is InChI=1S/C6H10NOPS/c1-9(10)3-2-6(4-7)5-8-9/h6H,2-3,5H2,1H3. The van der Waals surface area contributed by atoms with Gasteiger partial charge in [0, 0.05) is 6.16 Å². The summed E-state index contributed by atoms with van der Waals surface area (Å²) in [5.74, 6) is 0.0935. The van der Waals surface area contributed by atoms with E-state index in [-0.39, 0.29) is 5.92 Å². The fourth-order valence-corrected chi connectivity index (χ4v) is 2.79. The van der Waals surface area contributed by atoms with Crippen molar-refractivity contribution in [3.8, 4) is 6.07 Å². The van der Waals surface area contributed by atoms with Gasteiger partial charge < -0.3 is 4.52 Å². The molecule has 0 aromatic heterocycles. The SMILES string of the molecule is CP1(=S)CCC(C#N)CO1. The Bertz CT molecular complexity index is 198. The highest BCUT2D eigenvalue weighted by molar-refractivity contribution is 8.11. The van der Waals surface area contributed by atoms with E-state index in [1.54, 1.807) is 0 Å². The van der Waals surface area contributed by atoms with Gasteiger partial charge in [0.1, 0.15) is 0 Å². The largest absolute Gasteiger partial charge is 0.350 e. The number of hydrogen-bond donors (Lipinski definition) is 0. The molecule has 0 aromatic carbocycles. The normalized spacial score (nSPS) is 40.6. The molecule has 1 aliphatic heterocycles. The molecule has 1 fully saturated rings. The number of nitrogens with zero attached hydrogens (tertiary/aromatic N) is 1. The topological polar surface area (TPSA) is 33.0 Å². The Morgan fingerprint density at radius 3 is 2.90 bits per heavy atom. The lowest BCUT2D eigenvalue weighted by atomic mass is 10.1. The molecule has 2 unspecified atom stereocenters. The van der Waals surface area contributed by atoms with Crippen molar-refractivity contribution in [1.29, 1.82) is 5.26 Å². The summed E-state index contributed by atoms with van der Waals surface area (Å²) in [6, 6.07) is 2.19. The lowest BCUT2D eigenvalue weighted by molar-refractivity contribution is 0.283. The molecular formula is C6H10NOPS. The molecule has 0 aliphatic carbocycles. The van der Waals surface area contributed by atoms with Crippen LogP contribution in [0.4, 0.5) is 0 Å². The molecule has 2 atom stereocenters. The van der Waals surface area contributed by atoms with Crippen molar-refractivity contribution < 1.29 is 4.52 Å². The Kier molecular flexibility index (Phi) is 2.46. The molecule has 1 aliphatic rings. The van der Waals surface area contributed by atoms with Crippen LogP contribution in [0, 0.1) is 17.2 Å². The summed E-state index contributed by atoms with van der Waals surface area (Å²) in [6.07, 6.45) is 0.411. The summed E-state index contributed by atoms with van der Waals surface area (Å²) in [6.45, 7) is 2.56. The van der Waals surface area contributed by atoms with Crippen molar-refractivity contribution >= 4 is 18.1 Å². The van der Waals surface area contributed by atoms with E-state index >= 15 is 0 Å². The van der Waals surface area contributed by atoms with Gasteiger partial charge in [0.15, 0.2) is 0 Å². The van der Waals surface area contributed by atoms with Gasteiger partial charge in [-0.25, -0.2) is 0 Å². The molecule has 10 heavy (non-hydrogen) atoms. The Morgan fingerprint density at radius 1 is 1.80 bits per heavy atom. The van der Waals surface area contributed by atoms with Crippen LogP contribution >= 0.6 is 6.26 Å². The van der Waals surface area contributed by atoms with E-state index < -0.39 is 6.26 Å². The molecule has 2 nitrogen and oxygen atoms in total. The third kappa shape index (κ3) is 2.05. The van der Waals surface area contributed by atoms with Crippen LogP contribution in [0.3, 0.4) is 0 Å². The Labute approximate surface area is 66.3 Å². The molecule has 0 saturated carbocycles. The van der Waals surface area contributed by atoms with Crippen LogP contribution in [0.15, 0.2) is 0 Å². The van der Waals surface area contributed by atoms with Crippen LogP contribution in [0.2, 0.25) is 0 Å². The first-order valence-corrected chi connectivity index (χ1v) is 6.60. The summed E-state index contributed by atoms with van der Waals surface area (Å²) in [5.41, 5.74) is 0. The van der Waals surface area contributed by atoms with Crippen LogP contribution < -0.4 is 0 Å².